The topological polar surface area (TPSA) is 74.8 Å². The number of hydrogen-bond acceptors (Lipinski definition) is 4. The lowest BCUT2D eigenvalue weighted by atomic mass is 10.0. The Morgan fingerprint density at radius 3 is 2.14 bits per heavy atom. The average Bonchev–Trinajstić information content (AvgIpc) is 2.61. The first kappa shape index (κ1) is 16.8. The van der Waals surface area contributed by atoms with Crippen molar-refractivity contribution in [3.8, 4) is 0 Å². The van der Waals surface area contributed by atoms with Crippen LogP contribution in [0.2, 0.25) is 0 Å². The molecule has 1 fully saturated rings. The number of allylic oxidation sites excluding steroid dienone is 2. The summed E-state index contributed by atoms with van der Waals surface area (Å²) in [5.74, 6) is -1.93. The molecule has 0 N–H and O–H groups in total. The van der Waals surface area contributed by atoms with E-state index < -0.39 is 30.2 Å². The second-order valence-electron chi connectivity index (χ2n) is 5.19. The second-order valence-corrected chi connectivity index (χ2v) is 5.19. The number of nitrogens with zero attached hydrogens (tertiary/aromatic N) is 2. The Balaban J connectivity index is 3.06. The fourth-order valence-corrected chi connectivity index (χ4v) is 1.95. The monoisotopic (exact) mass is 292 g/mol. The van der Waals surface area contributed by atoms with Gasteiger partial charge in [0.25, 0.3) is 11.8 Å². The molecule has 1 aliphatic rings. The fraction of sp³-hybridized carbons (Fsp3) is 0.467. The molecule has 114 valence electrons. The van der Waals surface area contributed by atoms with E-state index in [-0.39, 0.29) is 5.92 Å². The van der Waals surface area contributed by atoms with E-state index >= 15 is 0 Å². The van der Waals surface area contributed by atoms with E-state index in [1.807, 2.05) is 13.8 Å². The zero-order valence-corrected chi connectivity index (χ0v) is 13.0. The first-order valence-corrected chi connectivity index (χ1v) is 6.72. The highest BCUT2D eigenvalue weighted by Crippen LogP contribution is 2.26. The zero-order chi connectivity index (χ0) is 16.3. The lowest BCUT2D eigenvalue weighted by Gasteiger charge is -2.17. The normalized spacial score (nSPS) is 19.0. The molecule has 1 heterocycles. The molecule has 0 bridgehead atoms. The third kappa shape index (κ3) is 3.45. The summed E-state index contributed by atoms with van der Waals surface area (Å²) in [7, 11) is 1.32. The molecule has 4 amide bonds. The van der Waals surface area contributed by atoms with Gasteiger partial charge in [-0.15, -0.1) is 0 Å². The molecule has 0 aromatic rings. The van der Waals surface area contributed by atoms with E-state index in [1.165, 1.54) is 14.0 Å². The van der Waals surface area contributed by atoms with Gasteiger partial charge in [0.1, 0.15) is 6.54 Å². The van der Waals surface area contributed by atoms with Gasteiger partial charge in [-0.3, -0.25) is 29.0 Å². The Hall–Kier alpha value is -2.24. The van der Waals surface area contributed by atoms with Crippen LogP contribution in [0.3, 0.4) is 0 Å². The van der Waals surface area contributed by atoms with Crippen molar-refractivity contribution < 1.29 is 19.2 Å². The van der Waals surface area contributed by atoms with Crippen molar-refractivity contribution in [2.45, 2.75) is 27.7 Å². The molecule has 0 aromatic heterocycles. The van der Waals surface area contributed by atoms with E-state index in [4.69, 9.17) is 0 Å². The molecule has 1 rings (SSSR count). The van der Waals surface area contributed by atoms with Crippen LogP contribution in [-0.4, -0.2) is 47.0 Å². The number of amides is 4. The summed E-state index contributed by atoms with van der Waals surface area (Å²) in [6, 6.07) is 0. The van der Waals surface area contributed by atoms with Crippen molar-refractivity contribution in [3.05, 3.63) is 23.3 Å². The average molecular weight is 292 g/mol. The molecule has 0 spiro atoms. The van der Waals surface area contributed by atoms with Gasteiger partial charge in [0.2, 0.25) is 11.8 Å². The van der Waals surface area contributed by atoms with Crippen molar-refractivity contribution in [1.82, 2.24) is 9.80 Å². The Morgan fingerprint density at radius 2 is 1.71 bits per heavy atom. The zero-order valence-electron chi connectivity index (χ0n) is 13.0. The van der Waals surface area contributed by atoms with Gasteiger partial charge >= 0.3 is 0 Å². The van der Waals surface area contributed by atoms with Crippen molar-refractivity contribution in [3.63, 3.8) is 0 Å². The summed E-state index contributed by atoms with van der Waals surface area (Å²) in [6.07, 6.45) is 3.27. The number of carbonyl (C=O) groups is 4. The van der Waals surface area contributed by atoms with Gasteiger partial charge in [0.05, 0.1) is 0 Å². The van der Waals surface area contributed by atoms with Gasteiger partial charge in [-0.25, -0.2) is 0 Å². The Morgan fingerprint density at radius 1 is 1.19 bits per heavy atom. The molecule has 0 aromatic carbocycles. The highest BCUT2D eigenvalue weighted by Gasteiger charge is 2.39. The molecular formula is C15H20N2O4. The predicted octanol–water partition coefficient (Wildman–Crippen LogP) is 0.889. The number of likely N-dealkylation sites (tertiary alicyclic amines) is 1. The largest absolute Gasteiger partial charge is 0.284 e. The molecule has 0 radical (unpaired) electrons. The Kier molecular flexibility index (Phi) is 5.18. The smallest absolute Gasteiger partial charge is 0.261 e. The number of imide groups is 2. The lowest BCUT2D eigenvalue weighted by Crippen LogP contribution is -2.42. The van der Waals surface area contributed by atoms with Crippen molar-refractivity contribution in [2.24, 2.45) is 5.92 Å². The molecule has 0 atom stereocenters. The summed E-state index contributed by atoms with van der Waals surface area (Å²) in [4.78, 5) is 49.3. The van der Waals surface area contributed by atoms with Crippen molar-refractivity contribution in [1.29, 1.82) is 0 Å². The number of rotatable bonds is 3. The van der Waals surface area contributed by atoms with Gasteiger partial charge in [0.15, 0.2) is 0 Å². The molecule has 0 aliphatic carbocycles. The highest BCUT2D eigenvalue weighted by molar-refractivity contribution is 6.25. The maximum atomic E-state index is 12.3. The van der Waals surface area contributed by atoms with Crippen LogP contribution in [0.4, 0.5) is 0 Å². The minimum Gasteiger partial charge on any atom is -0.284 e. The SMILES string of the molecule is C/C=C1/C(=O)N(CC(=O)N(C)C(C)=O)C(=O)/C1=C/C(C)C. The number of carbonyl (C=O) groups excluding carboxylic acids is 4. The predicted molar refractivity (Wildman–Crippen MR) is 76.8 cm³/mol. The minimum atomic E-state index is -0.592. The molecule has 21 heavy (non-hydrogen) atoms. The van der Waals surface area contributed by atoms with Crippen LogP contribution >= 0.6 is 0 Å². The van der Waals surface area contributed by atoms with E-state index in [2.05, 4.69) is 0 Å². The van der Waals surface area contributed by atoms with Gasteiger partial charge in [-0.1, -0.05) is 26.0 Å². The number of hydrogen-bond donors (Lipinski definition) is 0. The first-order valence-electron chi connectivity index (χ1n) is 6.72. The van der Waals surface area contributed by atoms with Crippen LogP contribution in [0.15, 0.2) is 23.3 Å². The molecule has 0 saturated carbocycles. The van der Waals surface area contributed by atoms with Gasteiger partial charge in [-0.2, -0.15) is 0 Å². The van der Waals surface area contributed by atoms with Crippen LogP contribution in [0.1, 0.15) is 27.7 Å². The quantitative estimate of drug-likeness (QED) is 0.572. The van der Waals surface area contributed by atoms with E-state index in [9.17, 15) is 19.2 Å². The Labute approximate surface area is 124 Å². The van der Waals surface area contributed by atoms with Crippen molar-refractivity contribution in [2.75, 3.05) is 13.6 Å². The van der Waals surface area contributed by atoms with E-state index in [1.54, 1.807) is 19.1 Å². The summed E-state index contributed by atoms with van der Waals surface area (Å²) in [6.45, 7) is 6.28. The number of likely N-dealkylation sites (N-methyl/N-ethyl adjacent to an activating group) is 1. The van der Waals surface area contributed by atoms with Crippen molar-refractivity contribution >= 4 is 23.6 Å². The Bertz CT molecular complexity index is 558. The van der Waals surface area contributed by atoms with Gasteiger partial charge in [-0.05, 0) is 12.8 Å². The first-order chi connectivity index (χ1) is 9.70. The van der Waals surface area contributed by atoms with Crippen LogP contribution in [0.5, 0.6) is 0 Å². The third-order valence-corrected chi connectivity index (χ3v) is 3.17. The summed E-state index contributed by atoms with van der Waals surface area (Å²) in [5, 5.41) is 0. The molecule has 6 nitrogen and oxygen atoms in total. The minimum absolute atomic E-state index is 0.0993. The maximum absolute atomic E-state index is 12.3. The summed E-state index contributed by atoms with van der Waals surface area (Å²) >= 11 is 0. The maximum Gasteiger partial charge on any atom is 0.261 e. The highest BCUT2D eigenvalue weighted by atomic mass is 16.2. The van der Waals surface area contributed by atoms with E-state index in [0.29, 0.717) is 11.1 Å². The standard InChI is InChI=1S/C15H20N2O4/c1-6-11-12(7-9(2)3)15(21)17(14(11)20)8-13(19)16(5)10(4)18/h6-7,9H,8H2,1-5H3/b11-6+,12-7+. The van der Waals surface area contributed by atoms with Crippen LogP contribution in [0.25, 0.3) is 0 Å². The molecule has 1 saturated heterocycles. The fourth-order valence-electron chi connectivity index (χ4n) is 1.95. The summed E-state index contributed by atoms with van der Waals surface area (Å²) in [5.41, 5.74) is 0.614. The van der Waals surface area contributed by atoms with Gasteiger partial charge in [0, 0.05) is 25.1 Å². The molecular weight excluding hydrogens is 272 g/mol. The second kappa shape index (κ2) is 6.47. The third-order valence-electron chi connectivity index (χ3n) is 3.17. The molecule has 0 unspecified atom stereocenters. The lowest BCUT2D eigenvalue weighted by molar-refractivity contribution is -0.148. The summed E-state index contributed by atoms with van der Waals surface area (Å²) < 4.78 is 0. The van der Waals surface area contributed by atoms with Gasteiger partial charge < -0.3 is 0 Å². The van der Waals surface area contributed by atoms with Crippen LogP contribution in [0, 0.1) is 5.92 Å². The van der Waals surface area contributed by atoms with Crippen LogP contribution < -0.4 is 0 Å². The molecule has 6 heteroatoms. The molecule has 1 aliphatic heterocycles. The van der Waals surface area contributed by atoms with Crippen LogP contribution in [-0.2, 0) is 19.2 Å². The van der Waals surface area contributed by atoms with E-state index in [0.717, 1.165) is 9.80 Å².